The van der Waals surface area contributed by atoms with Crippen molar-refractivity contribution in [1.82, 2.24) is 10.2 Å². The number of carbonyl (C=O) groups excluding carboxylic acids is 3. The fourth-order valence-electron chi connectivity index (χ4n) is 3.74. The standard InChI is InChI=1S/C28H39N3O5S/c1-7-18-31(26(33)23(17-19-37-6)30-27(34)36-28(2,3)4)24(20-11-9-8-10-12-20)25(32)29-21-13-15-22(35-5)16-14-21/h8-16,23-24H,7,17-19H2,1-6H3,(H,29,32)(H,30,34). The molecule has 2 atom stereocenters. The Hall–Kier alpha value is -3.20. The molecule has 8 nitrogen and oxygen atoms in total. The molecule has 9 heteroatoms. The Kier molecular flexibility index (Phi) is 11.8. The van der Waals surface area contributed by atoms with Crippen molar-refractivity contribution >= 4 is 35.4 Å². The first-order valence-electron chi connectivity index (χ1n) is 12.4. The van der Waals surface area contributed by atoms with Crippen LogP contribution < -0.4 is 15.4 Å². The molecule has 2 aromatic rings. The molecule has 0 aliphatic rings. The van der Waals surface area contributed by atoms with Gasteiger partial charge < -0.3 is 25.0 Å². The third-order valence-corrected chi connectivity index (χ3v) is 6.02. The van der Waals surface area contributed by atoms with Gasteiger partial charge in [0.1, 0.15) is 23.4 Å². The quantitative estimate of drug-likeness (QED) is 0.389. The lowest BCUT2D eigenvalue weighted by molar-refractivity contribution is -0.140. The molecule has 0 saturated heterocycles. The summed E-state index contributed by atoms with van der Waals surface area (Å²) in [6.07, 6.45) is 2.31. The lowest BCUT2D eigenvalue weighted by Gasteiger charge is -2.34. The van der Waals surface area contributed by atoms with Crippen LogP contribution in [0.2, 0.25) is 0 Å². The van der Waals surface area contributed by atoms with Crippen LogP contribution >= 0.6 is 11.8 Å². The minimum absolute atomic E-state index is 0.333. The lowest BCUT2D eigenvalue weighted by atomic mass is 10.0. The highest BCUT2D eigenvalue weighted by atomic mass is 32.2. The third-order valence-electron chi connectivity index (χ3n) is 5.38. The predicted octanol–water partition coefficient (Wildman–Crippen LogP) is 5.26. The van der Waals surface area contributed by atoms with E-state index < -0.39 is 23.8 Å². The maximum absolute atomic E-state index is 13.9. The van der Waals surface area contributed by atoms with Crippen molar-refractivity contribution in [3.8, 4) is 5.75 Å². The normalized spacial score (nSPS) is 12.7. The zero-order chi connectivity index (χ0) is 27.4. The molecule has 0 aliphatic heterocycles. The number of anilines is 1. The fourth-order valence-corrected chi connectivity index (χ4v) is 4.22. The molecule has 202 valence electrons. The molecule has 0 saturated carbocycles. The van der Waals surface area contributed by atoms with Gasteiger partial charge in [-0.15, -0.1) is 0 Å². The van der Waals surface area contributed by atoms with Gasteiger partial charge in [-0.05, 0) is 75.5 Å². The van der Waals surface area contributed by atoms with Crippen LogP contribution in [0.25, 0.3) is 0 Å². The molecule has 0 fully saturated rings. The average Bonchev–Trinajstić information content (AvgIpc) is 2.86. The average molecular weight is 530 g/mol. The Balaban J connectivity index is 2.41. The fraction of sp³-hybridized carbons (Fsp3) is 0.464. The predicted molar refractivity (Wildman–Crippen MR) is 149 cm³/mol. The van der Waals surface area contributed by atoms with Gasteiger partial charge in [0.15, 0.2) is 0 Å². The molecule has 2 N–H and O–H groups in total. The van der Waals surface area contributed by atoms with Crippen LogP contribution in [0.3, 0.4) is 0 Å². The highest BCUT2D eigenvalue weighted by molar-refractivity contribution is 7.98. The van der Waals surface area contributed by atoms with Crippen LogP contribution in [-0.4, -0.2) is 60.1 Å². The summed E-state index contributed by atoms with van der Waals surface area (Å²) in [7, 11) is 1.58. The third kappa shape index (κ3) is 9.64. The van der Waals surface area contributed by atoms with Crippen molar-refractivity contribution in [3.63, 3.8) is 0 Å². The number of amides is 3. The number of rotatable bonds is 12. The number of nitrogens with one attached hydrogen (secondary N) is 2. The van der Waals surface area contributed by atoms with Crippen molar-refractivity contribution in [1.29, 1.82) is 0 Å². The van der Waals surface area contributed by atoms with Crippen LogP contribution in [0, 0.1) is 0 Å². The van der Waals surface area contributed by atoms with Crippen molar-refractivity contribution in [2.24, 2.45) is 0 Å². The van der Waals surface area contributed by atoms with Crippen LogP contribution in [0.15, 0.2) is 54.6 Å². The Morgan fingerprint density at radius 1 is 1.03 bits per heavy atom. The monoisotopic (exact) mass is 529 g/mol. The first-order chi connectivity index (χ1) is 17.6. The molecule has 0 bridgehead atoms. The second-order valence-corrected chi connectivity index (χ2v) is 10.5. The van der Waals surface area contributed by atoms with E-state index >= 15 is 0 Å². The van der Waals surface area contributed by atoms with Crippen LogP contribution in [0.4, 0.5) is 10.5 Å². The van der Waals surface area contributed by atoms with Gasteiger partial charge in [0.2, 0.25) is 5.91 Å². The van der Waals surface area contributed by atoms with E-state index in [0.717, 1.165) is 0 Å². The van der Waals surface area contributed by atoms with Crippen molar-refractivity contribution in [2.75, 3.05) is 31.0 Å². The minimum Gasteiger partial charge on any atom is -0.497 e. The van der Waals surface area contributed by atoms with Crippen LogP contribution in [0.1, 0.15) is 52.1 Å². The summed E-state index contributed by atoms with van der Waals surface area (Å²) in [5.74, 6) is 0.644. The molecule has 0 heterocycles. The summed E-state index contributed by atoms with van der Waals surface area (Å²) in [6.45, 7) is 7.58. The summed E-state index contributed by atoms with van der Waals surface area (Å²) in [5, 5.41) is 5.68. The number of benzene rings is 2. The van der Waals surface area contributed by atoms with E-state index in [-0.39, 0.29) is 11.8 Å². The molecule has 2 aromatic carbocycles. The molecular weight excluding hydrogens is 490 g/mol. The Morgan fingerprint density at radius 3 is 2.22 bits per heavy atom. The van der Waals surface area contributed by atoms with Gasteiger partial charge >= 0.3 is 6.09 Å². The lowest BCUT2D eigenvalue weighted by Crippen LogP contribution is -2.52. The molecular formula is C28H39N3O5S. The van der Waals surface area contributed by atoms with E-state index in [1.165, 1.54) is 0 Å². The van der Waals surface area contributed by atoms with Crippen molar-refractivity contribution in [3.05, 3.63) is 60.2 Å². The minimum atomic E-state index is -0.895. The van der Waals surface area contributed by atoms with E-state index in [0.29, 0.717) is 42.1 Å². The van der Waals surface area contributed by atoms with E-state index in [4.69, 9.17) is 9.47 Å². The Labute approximate surface area is 224 Å². The van der Waals surface area contributed by atoms with Gasteiger partial charge in [-0.2, -0.15) is 11.8 Å². The number of carbonyl (C=O) groups is 3. The highest BCUT2D eigenvalue weighted by Crippen LogP contribution is 2.26. The first kappa shape index (κ1) is 30.0. The van der Waals surface area contributed by atoms with Crippen LogP contribution in [-0.2, 0) is 14.3 Å². The Bertz CT molecular complexity index is 1010. The zero-order valence-corrected chi connectivity index (χ0v) is 23.4. The van der Waals surface area contributed by atoms with E-state index in [9.17, 15) is 14.4 Å². The number of thioether (sulfide) groups is 1. The van der Waals surface area contributed by atoms with Gasteiger partial charge in [0.05, 0.1) is 7.11 Å². The van der Waals surface area contributed by atoms with Gasteiger partial charge in [-0.25, -0.2) is 4.79 Å². The van der Waals surface area contributed by atoms with Gasteiger partial charge in [-0.1, -0.05) is 37.3 Å². The maximum atomic E-state index is 13.9. The van der Waals surface area contributed by atoms with Gasteiger partial charge in [-0.3, -0.25) is 9.59 Å². The van der Waals surface area contributed by atoms with E-state index in [2.05, 4.69) is 10.6 Å². The molecule has 37 heavy (non-hydrogen) atoms. The number of nitrogens with zero attached hydrogens (tertiary/aromatic N) is 1. The molecule has 0 spiro atoms. The van der Waals surface area contributed by atoms with Gasteiger partial charge in [0.25, 0.3) is 5.91 Å². The first-order valence-corrected chi connectivity index (χ1v) is 13.8. The molecule has 2 rings (SSSR count). The smallest absolute Gasteiger partial charge is 0.408 e. The second-order valence-electron chi connectivity index (χ2n) is 9.54. The molecule has 0 radical (unpaired) electrons. The number of methoxy groups -OCH3 is 1. The summed E-state index contributed by atoms with van der Waals surface area (Å²) in [4.78, 5) is 41.8. The molecule has 0 aliphatic carbocycles. The van der Waals surface area contributed by atoms with Crippen molar-refractivity contribution < 1.29 is 23.9 Å². The number of ether oxygens (including phenoxy) is 2. The van der Waals surface area contributed by atoms with E-state index in [1.54, 1.807) is 68.8 Å². The highest BCUT2D eigenvalue weighted by Gasteiger charge is 2.35. The van der Waals surface area contributed by atoms with Crippen molar-refractivity contribution in [2.45, 2.75) is 58.2 Å². The SMILES string of the molecule is CCCN(C(=O)C(CCSC)NC(=O)OC(C)(C)C)C(C(=O)Nc1ccc(OC)cc1)c1ccccc1. The van der Waals surface area contributed by atoms with Crippen LogP contribution in [0.5, 0.6) is 5.75 Å². The summed E-state index contributed by atoms with van der Waals surface area (Å²) < 4.78 is 10.6. The summed E-state index contributed by atoms with van der Waals surface area (Å²) in [6, 6.07) is 14.5. The number of hydrogen-bond donors (Lipinski definition) is 2. The van der Waals surface area contributed by atoms with E-state index in [1.807, 2.05) is 43.5 Å². The Morgan fingerprint density at radius 2 is 1.68 bits per heavy atom. The largest absolute Gasteiger partial charge is 0.497 e. The zero-order valence-electron chi connectivity index (χ0n) is 22.6. The second kappa shape index (κ2) is 14.5. The van der Waals surface area contributed by atoms with Gasteiger partial charge in [0, 0.05) is 12.2 Å². The number of alkyl carbamates (subject to hydrolysis) is 1. The molecule has 0 aromatic heterocycles. The maximum Gasteiger partial charge on any atom is 0.408 e. The molecule has 3 amide bonds. The summed E-state index contributed by atoms with van der Waals surface area (Å²) in [5.41, 5.74) is 0.558. The molecule has 2 unspecified atom stereocenters. The topological polar surface area (TPSA) is 97.0 Å². The number of hydrogen-bond acceptors (Lipinski definition) is 6. The summed E-state index contributed by atoms with van der Waals surface area (Å²) >= 11 is 1.58.